The minimum absolute atomic E-state index is 0.590. The summed E-state index contributed by atoms with van der Waals surface area (Å²) in [6.45, 7) is 3.00. The van der Waals surface area contributed by atoms with Crippen molar-refractivity contribution in [1.29, 1.82) is 0 Å². The van der Waals surface area contributed by atoms with Crippen LogP contribution in [-0.4, -0.2) is 24.5 Å². The van der Waals surface area contributed by atoms with Gasteiger partial charge in [-0.2, -0.15) is 0 Å². The van der Waals surface area contributed by atoms with Crippen molar-refractivity contribution in [3.8, 4) is 0 Å². The van der Waals surface area contributed by atoms with E-state index in [0.717, 1.165) is 13.1 Å². The number of rotatable bonds is 3. The molecule has 1 aliphatic rings. The Balaban J connectivity index is 2.14. The maximum absolute atomic E-state index is 5.71. The Bertz CT molecular complexity index is 297. The van der Waals surface area contributed by atoms with Crippen molar-refractivity contribution in [3.05, 3.63) is 35.9 Å². The highest BCUT2D eigenvalue weighted by Crippen LogP contribution is 2.29. The average Bonchev–Trinajstić information content (AvgIpc) is 2.56. The van der Waals surface area contributed by atoms with Crippen LogP contribution in [-0.2, 0) is 0 Å². The molecule has 0 aliphatic carbocycles. The van der Waals surface area contributed by atoms with Crippen molar-refractivity contribution < 1.29 is 0 Å². The van der Waals surface area contributed by atoms with Crippen LogP contribution in [0.1, 0.15) is 37.3 Å². The lowest BCUT2D eigenvalue weighted by Gasteiger charge is -2.29. The molecule has 0 bridgehead atoms. The van der Waals surface area contributed by atoms with E-state index in [1.165, 1.54) is 37.8 Å². The van der Waals surface area contributed by atoms with E-state index in [1.54, 1.807) is 0 Å². The van der Waals surface area contributed by atoms with Crippen LogP contribution in [0.4, 0.5) is 0 Å². The lowest BCUT2D eigenvalue weighted by molar-refractivity contribution is 0.207. The second kappa shape index (κ2) is 6.02. The molecule has 0 amide bonds. The average molecular weight is 218 g/mol. The van der Waals surface area contributed by atoms with Crippen molar-refractivity contribution in [3.63, 3.8) is 0 Å². The SMILES string of the molecule is NCCN1CCCCCC1c1ccccc1. The molecular weight excluding hydrogens is 196 g/mol. The molecule has 2 heteroatoms. The quantitative estimate of drug-likeness (QED) is 0.845. The van der Waals surface area contributed by atoms with Crippen LogP contribution in [0.5, 0.6) is 0 Å². The summed E-state index contributed by atoms with van der Waals surface area (Å²) in [5.41, 5.74) is 7.17. The van der Waals surface area contributed by atoms with Gasteiger partial charge in [0.15, 0.2) is 0 Å². The number of benzene rings is 1. The van der Waals surface area contributed by atoms with Gasteiger partial charge in [0.25, 0.3) is 0 Å². The summed E-state index contributed by atoms with van der Waals surface area (Å²) in [6.07, 6.45) is 5.32. The zero-order chi connectivity index (χ0) is 11.2. The smallest absolute Gasteiger partial charge is 0.0348 e. The third-order valence-corrected chi connectivity index (χ3v) is 3.46. The Kier molecular flexibility index (Phi) is 4.37. The van der Waals surface area contributed by atoms with E-state index in [1.807, 2.05) is 0 Å². The van der Waals surface area contributed by atoms with Crippen LogP contribution >= 0.6 is 0 Å². The van der Waals surface area contributed by atoms with Gasteiger partial charge in [-0.3, -0.25) is 4.90 Å². The summed E-state index contributed by atoms with van der Waals surface area (Å²) < 4.78 is 0. The predicted octanol–water partition coefficient (Wildman–Crippen LogP) is 2.56. The number of hydrogen-bond donors (Lipinski definition) is 1. The Morgan fingerprint density at radius 2 is 1.94 bits per heavy atom. The molecule has 2 nitrogen and oxygen atoms in total. The van der Waals surface area contributed by atoms with Gasteiger partial charge in [0.1, 0.15) is 0 Å². The van der Waals surface area contributed by atoms with E-state index in [0.29, 0.717) is 6.04 Å². The monoisotopic (exact) mass is 218 g/mol. The molecule has 2 rings (SSSR count). The van der Waals surface area contributed by atoms with Gasteiger partial charge >= 0.3 is 0 Å². The van der Waals surface area contributed by atoms with Crippen molar-refractivity contribution in [2.75, 3.05) is 19.6 Å². The predicted molar refractivity (Wildman–Crippen MR) is 68.3 cm³/mol. The second-order valence-electron chi connectivity index (χ2n) is 4.60. The zero-order valence-corrected chi connectivity index (χ0v) is 9.94. The molecule has 1 unspecified atom stereocenters. The molecule has 2 N–H and O–H groups in total. The van der Waals surface area contributed by atoms with Gasteiger partial charge in [-0.25, -0.2) is 0 Å². The van der Waals surface area contributed by atoms with Gasteiger partial charge in [0, 0.05) is 19.1 Å². The standard InChI is InChI=1S/C14H22N2/c15-10-12-16-11-6-2-5-9-14(16)13-7-3-1-4-8-13/h1,3-4,7-8,14H,2,5-6,9-12,15H2. The molecule has 1 heterocycles. The van der Waals surface area contributed by atoms with Gasteiger partial charge in [0.2, 0.25) is 0 Å². The first kappa shape index (κ1) is 11.6. The van der Waals surface area contributed by atoms with Crippen molar-refractivity contribution in [1.82, 2.24) is 4.90 Å². The van der Waals surface area contributed by atoms with Crippen molar-refractivity contribution >= 4 is 0 Å². The summed E-state index contributed by atoms with van der Waals surface area (Å²) in [5.74, 6) is 0. The van der Waals surface area contributed by atoms with E-state index in [9.17, 15) is 0 Å². The Morgan fingerprint density at radius 1 is 1.12 bits per heavy atom. The van der Waals surface area contributed by atoms with E-state index in [4.69, 9.17) is 5.73 Å². The molecule has 0 saturated carbocycles. The molecule has 1 aliphatic heterocycles. The highest BCUT2D eigenvalue weighted by atomic mass is 15.2. The molecular formula is C14H22N2. The third-order valence-electron chi connectivity index (χ3n) is 3.46. The highest BCUT2D eigenvalue weighted by Gasteiger charge is 2.21. The fourth-order valence-electron chi connectivity index (χ4n) is 2.65. The first-order chi connectivity index (χ1) is 7.92. The molecule has 1 aromatic carbocycles. The normalized spacial score (nSPS) is 22.9. The van der Waals surface area contributed by atoms with E-state index in [-0.39, 0.29) is 0 Å². The van der Waals surface area contributed by atoms with Crippen LogP contribution in [0.2, 0.25) is 0 Å². The molecule has 1 atom stereocenters. The minimum atomic E-state index is 0.590. The van der Waals surface area contributed by atoms with Crippen LogP contribution < -0.4 is 5.73 Å². The summed E-state index contributed by atoms with van der Waals surface area (Å²) >= 11 is 0. The Hall–Kier alpha value is -0.860. The molecule has 1 fully saturated rings. The molecule has 0 spiro atoms. The molecule has 0 radical (unpaired) electrons. The molecule has 1 aromatic rings. The summed E-state index contributed by atoms with van der Waals surface area (Å²) in [6, 6.07) is 11.5. The Labute approximate surface area is 98.4 Å². The summed E-state index contributed by atoms with van der Waals surface area (Å²) in [7, 11) is 0. The Morgan fingerprint density at radius 3 is 2.69 bits per heavy atom. The van der Waals surface area contributed by atoms with Crippen LogP contribution in [0.25, 0.3) is 0 Å². The lowest BCUT2D eigenvalue weighted by atomic mass is 10.0. The molecule has 88 valence electrons. The molecule has 0 aromatic heterocycles. The summed E-state index contributed by atoms with van der Waals surface area (Å²) in [4.78, 5) is 2.56. The van der Waals surface area contributed by atoms with Gasteiger partial charge in [-0.05, 0) is 24.9 Å². The molecule has 1 saturated heterocycles. The fourth-order valence-corrected chi connectivity index (χ4v) is 2.65. The number of nitrogens with zero attached hydrogens (tertiary/aromatic N) is 1. The van der Waals surface area contributed by atoms with E-state index in [2.05, 4.69) is 35.2 Å². The second-order valence-corrected chi connectivity index (χ2v) is 4.60. The maximum Gasteiger partial charge on any atom is 0.0348 e. The zero-order valence-electron chi connectivity index (χ0n) is 9.94. The van der Waals surface area contributed by atoms with E-state index < -0.39 is 0 Å². The summed E-state index contributed by atoms with van der Waals surface area (Å²) in [5, 5.41) is 0. The number of likely N-dealkylation sites (tertiary alicyclic amines) is 1. The van der Waals surface area contributed by atoms with Gasteiger partial charge in [-0.15, -0.1) is 0 Å². The van der Waals surface area contributed by atoms with Crippen molar-refractivity contribution in [2.45, 2.75) is 31.7 Å². The highest BCUT2D eigenvalue weighted by molar-refractivity contribution is 5.19. The molecule has 16 heavy (non-hydrogen) atoms. The lowest BCUT2D eigenvalue weighted by Crippen LogP contribution is -2.33. The largest absolute Gasteiger partial charge is 0.329 e. The third kappa shape index (κ3) is 2.83. The van der Waals surface area contributed by atoms with Gasteiger partial charge < -0.3 is 5.73 Å². The van der Waals surface area contributed by atoms with Crippen LogP contribution in [0, 0.1) is 0 Å². The van der Waals surface area contributed by atoms with Gasteiger partial charge in [0.05, 0.1) is 0 Å². The van der Waals surface area contributed by atoms with Crippen molar-refractivity contribution in [2.24, 2.45) is 5.73 Å². The minimum Gasteiger partial charge on any atom is -0.329 e. The maximum atomic E-state index is 5.71. The van der Waals surface area contributed by atoms with Gasteiger partial charge in [-0.1, -0.05) is 43.2 Å². The first-order valence-corrected chi connectivity index (χ1v) is 6.41. The number of nitrogens with two attached hydrogens (primary N) is 1. The topological polar surface area (TPSA) is 29.3 Å². The van der Waals surface area contributed by atoms with Crippen LogP contribution in [0.15, 0.2) is 30.3 Å². The van der Waals surface area contributed by atoms with E-state index >= 15 is 0 Å². The van der Waals surface area contributed by atoms with Crippen LogP contribution in [0.3, 0.4) is 0 Å². The number of hydrogen-bond acceptors (Lipinski definition) is 2. The fraction of sp³-hybridized carbons (Fsp3) is 0.571. The first-order valence-electron chi connectivity index (χ1n) is 6.41.